The Morgan fingerprint density at radius 2 is 1.61 bits per heavy atom. The fourth-order valence-corrected chi connectivity index (χ4v) is 3.87. The Labute approximate surface area is 113 Å². The first-order valence-electron chi connectivity index (χ1n) is 6.72. The molecule has 0 saturated heterocycles. The predicted molar refractivity (Wildman–Crippen MR) is 80.0 cm³/mol. The topological polar surface area (TPSA) is 26.0 Å². The standard InChI is InChI=1S/C16H19NS/c17-14-6-9-15(10-7-14)18-16-8-5-12-3-1-2-4-13(12)11-16/h1-5,8,11,14-15H,6-7,9-10,17H2. The molecular formula is C16H19NS. The average Bonchev–Trinajstić information content (AvgIpc) is 2.41. The fraction of sp³-hybridized carbons (Fsp3) is 0.375. The molecule has 1 nitrogen and oxygen atoms in total. The molecule has 0 spiro atoms. The molecular weight excluding hydrogens is 238 g/mol. The number of thioether (sulfide) groups is 1. The zero-order valence-electron chi connectivity index (χ0n) is 10.5. The van der Waals surface area contributed by atoms with Crippen molar-refractivity contribution in [1.82, 2.24) is 0 Å². The minimum atomic E-state index is 0.443. The second-order valence-corrected chi connectivity index (χ2v) is 6.54. The summed E-state index contributed by atoms with van der Waals surface area (Å²) in [6.45, 7) is 0. The quantitative estimate of drug-likeness (QED) is 0.872. The molecule has 94 valence electrons. The van der Waals surface area contributed by atoms with Crippen LogP contribution in [0.15, 0.2) is 47.4 Å². The van der Waals surface area contributed by atoms with E-state index in [1.807, 2.05) is 11.8 Å². The summed E-state index contributed by atoms with van der Waals surface area (Å²) in [7, 11) is 0. The number of nitrogens with two attached hydrogens (primary N) is 1. The Bertz CT molecular complexity index is 529. The fourth-order valence-electron chi connectivity index (χ4n) is 2.64. The summed E-state index contributed by atoms with van der Waals surface area (Å²) in [5.41, 5.74) is 5.96. The summed E-state index contributed by atoms with van der Waals surface area (Å²) in [4.78, 5) is 1.40. The van der Waals surface area contributed by atoms with E-state index in [-0.39, 0.29) is 0 Å². The third-order valence-corrected chi connectivity index (χ3v) is 5.07. The molecule has 2 heteroatoms. The van der Waals surface area contributed by atoms with Crippen LogP contribution in [0.4, 0.5) is 0 Å². The van der Waals surface area contributed by atoms with Crippen molar-refractivity contribution in [1.29, 1.82) is 0 Å². The predicted octanol–water partition coefficient (Wildman–Crippen LogP) is 4.20. The Kier molecular flexibility index (Phi) is 3.57. The van der Waals surface area contributed by atoms with E-state index < -0.39 is 0 Å². The number of rotatable bonds is 2. The van der Waals surface area contributed by atoms with Crippen LogP contribution in [0, 0.1) is 0 Å². The molecule has 0 heterocycles. The lowest BCUT2D eigenvalue weighted by Crippen LogP contribution is -2.27. The third kappa shape index (κ3) is 2.70. The summed E-state index contributed by atoms with van der Waals surface area (Å²) in [5.74, 6) is 0. The molecule has 1 fully saturated rings. The zero-order chi connectivity index (χ0) is 12.4. The minimum Gasteiger partial charge on any atom is -0.328 e. The molecule has 1 aliphatic carbocycles. The number of fused-ring (bicyclic) bond motifs is 1. The highest BCUT2D eigenvalue weighted by Gasteiger charge is 2.19. The first kappa shape index (κ1) is 12.1. The molecule has 0 bridgehead atoms. The average molecular weight is 257 g/mol. The van der Waals surface area contributed by atoms with Gasteiger partial charge in [-0.3, -0.25) is 0 Å². The molecule has 0 aliphatic heterocycles. The SMILES string of the molecule is NC1CCC(Sc2ccc3ccccc3c2)CC1. The minimum absolute atomic E-state index is 0.443. The van der Waals surface area contributed by atoms with Gasteiger partial charge in [0.2, 0.25) is 0 Å². The van der Waals surface area contributed by atoms with Gasteiger partial charge in [-0.1, -0.05) is 30.3 Å². The summed E-state index contributed by atoms with van der Waals surface area (Å²) in [6, 6.07) is 15.8. The second kappa shape index (κ2) is 5.33. The molecule has 0 atom stereocenters. The molecule has 0 unspecified atom stereocenters. The van der Waals surface area contributed by atoms with Crippen molar-refractivity contribution in [2.24, 2.45) is 5.73 Å². The van der Waals surface area contributed by atoms with Crippen LogP contribution >= 0.6 is 11.8 Å². The molecule has 0 radical (unpaired) electrons. The van der Waals surface area contributed by atoms with Gasteiger partial charge >= 0.3 is 0 Å². The lowest BCUT2D eigenvalue weighted by Gasteiger charge is -2.25. The maximum atomic E-state index is 5.96. The molecule has 0 aromatic heterocycles. The first-order valence-corrected chi connectivity index (χ1v) is 7.60. The van der Waals surface area contributed by atoms with Crippen LogP contribution in [-0.2, 0) is 0 Å². The van der Waals surface area contributed by atoms with E-state index in [1.165, 1.54) is 41.4 Å². The van der Waals surface area contributed by atoms with Gasteiger partial charge in [0.05, 0.1) is 0 Å². The summed E-state index contributed by atoms with van der Waals surface area (Å²) in [6.07, 6.45) is 4.90. The van der Waals surface area contributed by atoms with Crippen molar-refractivity contribution in [3.63, 3.8) is 0 Å². The molecule has 1 aliphatic rings. The van der Waals surface area contributed by atoms with E-state index in [4.69, 9.17) is 5.73 Å². The Balaban J connectivity index is 1.74. The maximum absolute atomic E-state index is 5.96. The van der Waals surface area contributed by atoms with Gasteiger partial charge in [0, 0.05) is 16.2 Å². The van der Waals surface area contributed by atoms with E-state index >= 15 is 0 Å². The maximum Gasteiger partial charge on any atom is 0.00955 e. The molecule has 1 saturated carbocycles. The van der Waals surface area contributed by atoms with Gasteiger partial charge in [0.15, 0.2) is 0 Å². The van der Waals surface area contributed by atoms with Crippen LogP contribution in [0.3, 0.4) is 0 Å². The zero-order valence-corrected chi connectivity index (χ0v) is 11.3. The van der Waals surface area contributed by atoms with Gasteiger partial charge in [-0.05, 0) is 48.6 Å². The molecule has 18 heavy (non-hydrogen) atoms. The van der Waals surface area contributed by atoms with Crippen LogP contribution in [-0.4, -0.2) is 11.3 Å². The molecule has 2 N–H and O–H groups in total. The Hall–Kier alpha value is -0.990. The van der Waals surface area contributed by atoms with Crippen molar-refractivity contribution in [2.75, 3.05) is 0 Å². The first-order chi connectivity index (χ1) is 8.81. The van der Waals surface area contributed by atoms with Crippen molar-refractivity contribution in [3.8, 4) is 0 Å². The lowest BCUT2D eigenvalue weighted by atomic mass is 9.96. The molecule has 2 aromatic rings. The third-order valence-electron chi connectivity index (χ3n) is 3.74. The van der Waals surface area contributed by atoms with Crippen LogP contribution in [0.25, 0.3) is 10.8 Å². The van der Waals surface area contributed by atoms with Gasteiger partial charge in [-0.15, -0.1) is 11.8 Å². The summed E-state index contributed by atoms with van der Waals surface area (Å²) < 4.78 is 0. The van der Waals surface area contributed by atoms with Gasteiger partial charge < -0.3 is 5.73 Å². The van der Waals surface area contributed by atoms with E-state index in [0.717, 1.165) is 5.25 Å². The van der Waals surface area contributed by atoms with Crippen LogP contribution in [0.2, 0.25) is 0 Å². The molecule has 3 rings (SSSR count). The lowest BCUT2D eigenvalue weighted by molar-refractivity contribution is 0.451. The van der Waals surface area contributed by atoms with Crippen LogP contribution in [0.5, 0.6) is 0 Å². The van der Waals surface area contributed by atoms with Crippen molar-refractivity contribution in [3.05, 3.63) is 42.5 Å². The van der Waals surface area contributed by atoms with E-state index in [9.17, 15) is 0 Å². The number of hydrogen-bond acceptors (Lipinski definition) is 2. The largest absolute Gasteiger partial charge is 0.328 e. The Morgan fingerprint density at radius 3 is 2.39 bits per heavy atom. The van der Waals surface area contributed by atoms with Crippen molar-refractivity contribution >= 4 is 22.5 Å². The van der Waals surface area contributed by atoms with Crippen LogP contribution < -0.4 is 5.73 Å². The van der Waals surface area contributed by atoms with Gasteiger partial charge in [-0.25, -0.2) is 0 Å². The highest BCUT2D eigenvalue weighted by atomic mass is 32.2. The second-order valence-electron chi connectivity index (χ2n) is 5.16. The highest BCUT2D eigenvalue weighted by Crippen LogP contribution is 2.34. The van der Waals surface area contributed by atoms with Gasteiger partial charge in [-0.2, -0.15) is 0 Å². The van der Waals surface area contributed by atoms with E-state index in [1.54, 1.807) is 0 Å². The molecule has 0 amide bonds. The van der Waals surface area contributed by atoms with Crippen molar-refractivity contribution in [2.45, 2.75) is 41.9 Å². The highest BCUT2D eigenvalue weighted by molar-refractivity contribution is 8.00. The normalized spacial score (nSPS) is 24.3. The van der Waals surface area contributed by atoms with Gasteiger partial charge in [0.1, 0.15) is 0 Å². The number of benzene rings is 2. The van der Waals surface area contributed by atoms with E-state index in [0.29, 0.717) is 6.04 Å². The van der Waals surface area contributed by atoms with Crippen molar-refractivity contribution < 1.29 is 0 Å². The monoisotopic (exact) mass is 257 g/mol. The van der Waals surface area contributed by atoms with Crippen LogP contribution in [0.1, 0.15) is 25.7 Å². The smallest absolute Gasteiger partial charge is 0.00955 e. The molecule has 2 aromatic carbocycles. The summed E-state index contributed by atoms with van der Waals surface area (Å²) in [5, 5.41) is 3.42. The van der Waals surface area contributed by atoms with E-state index in [2.05, 4.69) is 42.5 Å². The summed E-state index contributed by atoms with van der Waals surface area (Å²) >= 11 is 2.03. The number of hydrogen-bond donors (Lipinski definition) is 1. The van der Waals surface area contributed by atoms with Gasteiger partial charge in [0.25, 0.3) is 0 Å². The Morgan fingerprint density at radius 1 is 0.889 bits per heavy atom.